The summed E-state index contributed by atoms with van der Waals surface area (Å²) in [7, 11) is 0. The Bertz CT molecular complexity index is 397. The Labute approximate surface area is 131 Å². The average molecular weight is 392 g/mol. The van der Waals surface area contributed by atoms with Gasteiger partial charge in [-0.05, 0) is 81.9 Å². The van der Waals surface area contributed by atoms with E-state index in [2.05, 4.69) is 36.8 Å². The Hall–Kier alpha value is -0.100. The van der Waals surface area contributed by atoms with Crippen LogP contribution in [-0.2, 0) is 6.54 Å². The minimum Gasteiger partial charge on any atom is -0.491 e. The summed E-state index contributed by atoms with van der Waals surface area (Å²) in [5.41, 5.74) is 6.73. The number of halogens is 2. The topological polar surface area (TPSA) is 38.5 Å². The van der Waals surface area contributed by atoms with Crippen molar-refractivity contribution in [2.45, 2.75) is 25.8 Å². The minimum absolute atomic E-state index is 0.534. The van der Waals surface area contributed by atoms with Crippen molar-refractivity contribution < 1.29 is 4.74 Å². The van der Waals surface area contributed by atoms with E-state index in [1.807, 2.05) is 12.1 Å². The normalized spacial score (nSPS) is 15.9. The van der Waals surface area contributed by atoms with E-state index in [0.29, 0.717) is 6.54 Å². The fraction of sp³-hybridized carbons (Fsp3) is 0.571. The fourth-order valence-electron chi connectivity index (χ4n) is 2.34. The average Bonchev–Trinajstić information content (AvgIpc) is 2.89. The lowest BCUT2D eigenvalue weighted by Crippen LogP contribution is -2.22. The lowest BCUT2D eigenvalue weighted by atomic mass is 10.2. The zero-order valence-corrected chi connectivity index (χ0v) is 14.2. The van der Waals surface area contributed by atoms with Gasteiger partial charge < -0.3 is 15.4 Å². The first-order valence-electron chi connectivity index (χ1n) is 6.74. The molecular weight excluding hydrogens is 372 g/mol. The Morgan fingerprint density at radius 3 is 2.37 bits per heavy atom. The second-order valence-electron chi connectivity index (χ2n) is 4.84. The van der Waals surface area contributed by atoms with E-state index in [0.717, 1.165) is 39.8 Å². The molecule has 2 rings (SSSR count). The summed E-state index contributed by atoms with van der Waals surface area (Å²) in [6.45, 7) is 4.91. The van der Waals surface area contributed by atoms with Crippen molar-refractivity contribution >= 4 is 31.9 Å². The predicted octanol–water partition coefficient (Wildman–Crippen LogP) is 3.54. The van der Waals surface area contributed by atoms with Gasteiger partial charge in [-0.2, -0.15) is 0 Å². The summed E-state index contributed by atoms with van der Waals surface area (Å²) in [6.07, 6.45) is 3.76. The third kappa shape index (κ3) is 4.45. The van der Waals surface area contributed by atoms with Crippen molar-refractivity contribution in [3.05, 3.63) is 26.6 Å². The maximum atomic E-state index is 5.87. The van der Waals surface area contributed by atoms with Crippen LogP contribution in [0, 0.1) is 0 Å². The SMILES string of the molecule is NCc1cc(Br)c(OCCCN2CCCC2)c(Br)c1. The molecular formula is C14H20Br2N2O. The van der Waals surface area contributed by atoms with E-state index >= 15 is 0 Å². The number of hydrogen-bond acceptors (Lipinski definition) is 3. The summed E-state index contributed by atoms with van der Waals surface area (Å²) in [5.74, 6) is 0.874. The number of ether oxygens (including phenoxy) is 1. The van der Waals surface area contributed by atoms with Crippen molar-refractivity contribution in [2.75, 3.05) is 26.2 Å². The third-order valence-corrected chi connectivity index (χ3v) is 4.54. The van der Waals surface area contributed by atoms with Gasteiger partial charge in [-0.15, -0.1) is 0 Å². The molecule has 1 heterocycles. The van der Waals surface area contributed by atoms with Crippen LogP contribution in [0.3, 0.4) is 0 Å². The van der Waals surface area contributed by atoms with Gasteiger partial charge in [0.2, 0.25) is 0 Å². The molecule has 0 unspecified atom stereocenters. The van der Waals surface area contributed by atoms with Crippen LogP contribution in [-0.4, -0.2) is 31.1 Å². The standard InChI is InChI=1S/C14H20Br2N2O/c15-12-8-11(10-17)9-13(16)14(12)19-7-3-6-18-4-1-2-5-18/h8-9H,1-7,10,17H2. The molecule has 1 fully saturated rings. The Kier molecular flexibility index (Phi) is 6.13. The molecule has 19 heavy (non-hydrogen) atoms. The first-order valence-corrected chi connectivity index (χ1v) is 8.32. The first-order chi connectivity index (χ1) is 9.20. The molecule has 0 radical (unpaired) electrons. The summed E-state index contributed by atoms with van der Waals surface area (Å²) >= 11 is 7.07. The zero-order valence-electron chi connectivity index (χ0n) is 11.0. The number of rotatable bonds is 6. The predicted molar refractivity (Wildman–Crippen MR) is 85.5 cm³/mol. The lowest BCUT2D eigenvalue weighted by molar-refractivity contribution is 0.261. The highest BCUT2D eigenvalue weighted by atomic mass is 79.9. The maximum Gasteiger partial charge on any atom is 0.147 e. The molecule has 1 aliphatic rings. The molecule has 1 aliphatic heterocycles. The summed E-state index contributed by atoms with van der Waals surface area (Å²) in [5, 5.41) is 0. The highest BCUT2D eigenvalue weighted by Gasteiger charge is 2.12. The second kappa shape index (κ2) is 7.62. The van der Waals surface area contributed by atoms with Gasteiger partial charge in [0.1, 0.15) is 5.75 Å². The van der Waals surface area contributed by atoms with Crippen molar-refractivity contribution in [3.8, 4) is 5.75 Å². The summed E-state index contributed by atoms with van der Waals surface area (Å²) < 4.78 is 7.79. The van der Waals surface area contributed by atoms with Gasteiger partial charge in [-0.1, -0.05) is 0 Å². The molecule has 2 N–H and O–H groups in total. The maximum absolute atomic E-state index is 5.87. The zero-order chi connectivity index (χ0) is 13.7. The first kappa shape index (κ1) is 15.3. The molecule has 0 atom stereocenters. The minimum atomic E-state index is 0.534. The Morgan fingerprint density at radius 1 is 1.16 bits per heavy atom. The number of likely N-dealkylation sites (tertiary alicyclic amines) is 1. The van der Waals surface area contributed by atoms with Crippen LogP contribution in [0.2, 0.25) is 0 Å². The van der Waals surface area contributed by atoms with Gasteiger partial charge in [0.15, 0.2) is 0 Å². The molecule has 0 bridgehead atoms. The highest BCUT2D eigenvalue weighted by molar-refractivity contribution is 9.11. The molecule has 106 valence electrons. The van der Waals surface area contributed by atoms with Gasteiger partial charge in [-0.3, -0.25) is 0 Å². The van der Waals surface area contributed by atoms with E-state index in [4.69, 9.17) is 10.5 Å². The van der Waals surface area contributed by atoms with Crippen LogP contribution in [0.25, 0.3) is 0 Å². The van der Waals surface area contributed by atoms with Crippen LogP contribution < -0.4 is 10.5 Å². The molecule has 0 amide bonds. The highest BCUT2D eigenvalue weighted by Crippen LogP contribution is 2.34. The van der Waals surface area contributed by atoms with E-state index in [1.165, 1.54) is 25.9 Å². The fourth-order valence-corrected chi connectivity index (χ4v) is 3.85. The molecule has 3 nitrogen and oxygen atoms in total. The van der Waals surface area contributed by atoms with Crippen LogP contribution in [0.5, 0.6) is 5.75 Å². The molecule has 1 aromatic carbocycles. The number of benzene rings is 1. The van der Waals surface area contributed by atoms with Gasteiger partial charge in [0.25, 0.3) is 0 Å². The van der Waals surface area contributed by atoms with E-state index in [-0.39, 0.29) is 0 Å². The Balaban J connectivity index is 1.81. The van der Waals surface area contributed by atoms with E-state index < -0.39 is 0 Å². The number of nitrogens with two attached hydrogens (primary N) is 1. The van der Waals surface area contributed by atoms with Crippen molar-refractivity contribution in [1.82, 2.24) is 4.90 Å². The van der Waals surface area contributed by atoms with Gasteiger partial charge in [-0.25, -0.2) is 0 Å². The Morgan fingerprint density at radius 2 is 1.79 bits per heavy atom. The van der Waals surface area contributed by atoms with E-state index in [1.54, 1.807) is 0 Å². The molecule has 1 aromatic rings. The van der Waals surface area contributed by atoms with Crippen LogP contribution in [0.15, 0.2) is 21.1 Å². The van der Waals surface area contributed by atoms with Crippen molar-refractivity contribution in [3.63, 3.8) is 0 Å². The number of hydrogen-bond donors (Lipinski definition) is 1. The second-order valence-corrected chi connectivity index (χ2v) is 6.55. The molecule has 0 aliphatic carbocycles. The van der Waals surface area contributed by atoms with Crippen molar-refractivity contribution in [1.29, 1.82) is 0 Å². The largest absolute Gasteiger partial charge is 0.491 e. The molecule has 0 saturated carbocycles. The number of nitrogens with zero attached hydrogens (tertiary/aromatic N) is 1. The smallest absolute Gasteiger partial charge is 0.147 e. The van der Waals surface area contributed by atoms with E-state index in [9.17, 15) is 0 Å². The summed E-state index contributed by atoms with van der Waals surface area (Å²) in [4.78, 5) is 2.50. The van der Waals surface area contributed by atoms with Gasteiger partial charge in [0.05, 0.1) is 15.6 Å². The molecule has 0 aromatic heterocycles. The summed E-state index contributed by atoms with van der Waals surface area (Å²) in [6, 6.07) is 4.03. The third-order valence-electron chi connectivity index (χ3n) is 3.36. The lowest BCUT2D eigenvalue weighted by Gasteiger charge is -2.15. The van der Waals surface area contributed by atoms with Crippen molar-refractivity contribution in [2.24, 2.45) is 5.73 Å². The van der Waals surface area contributed by atoms with Crippen LogP contribution in [0.1, 0.15) is 24.8 Å². The monoisotopic (exact) mass is 390 g/mol. The van der Waals surface area contributed by atoms with Gasteiger partial charge in [0, 0.05) is 13.1 Å². The van der Waals surface area contributed by atoms with Crippen LogP contribution in [0.4, 0.5) is 0 Å². The molecule has 0 spiro atoms. The molecule has 1 saturated heterocycles. The molecule has 5 heteroatoms. The van der Waals surface area contributed by atoms with Gasteiger partial charge >= 0.3 is 0 Å². The quantitative estimate of drug-likeness (QED) is 0.753. The van der Waals surface area contributed by atoms with Crippen LogP contribution >= 0.6 is 31.9 Å².